The van der Waals surface area contributed by atoms with Crippen LogP contribution in [0.4, 0.5) is 0 Å². The standard InChI is InChI=1S/C19H15ClO6S3/c1-26-16-5-2-13(3-6-16)8-9-28(22,23)12-29(24,25)18-11-14-10-15(20)4-7-17(14)27-19(18)21/h2-11H,12H2,1H3/b9-8-. The largest absolute Gasteiger partial charge is 0.497 e. The molecule has 0 saturated heterocycles. The number of sulfone groups is 2. The van der Waals surface area contributed by atoms with Crippen molar-refractivity contribution in [3.8, 4) is 5.75 Å². The van der Waals surface area contributed by atoms with Crippen molar-refractivity contribution >= 4 is 58.8 Å². The normalized spacial score (nSPS) is 12.5. The van der Waals surface area contributed by atoms with Gasteiger partial charge in [-0.05, 0) is 53.4 Å². The maximum atomic E-state index is 12.6. The van der Waals surface area contributed by atoms with Gasteiger partial charge in [0.2, 0.25) is 0 Å². The summed E-state index contributed by atoms with van der Waals surface area (Å²) in [7, 11) is -7.01. The lowest BCUT2D eigenvalue weighted by Crippen LogP contribution is -2.20. The fourth-order valence-corrected chi connectivity index (χ4v) is 7.40. The van der Waals surface area contributed by atoms with Gasteiger partial charge in [0.05, 0.1) is 7.11 Å². The molecule has 6 nitrogen and oxygen atoms in total. The predicted octanol–water partition coefficient (Wildman–Crippen LogP) is 3.74. The quantitative estimate of drug-likeness (QED) is 0.544. The first-order valence-electron chi connectivity index (χ1n) is 8.11. The Morgan fingerprint density at radius 2 is 1.72 bits per heavy atom. The fraction of sp³-hybridized carbons (Fsp3) is 0.105. The van der Waals surface area contributed by atoms with Gasteiger partial charge in [-0.3, -0.25) is 4.79 Å². The molecule has 1 aromatic heterocycles. The van der Waals surface area contributed by atoms with E-state index in [1.807, 2.05) is 0 Å². The molecule has 0 atom stereocenters. The van der Waals surface area contributed by atoms with E-state index in [0.29, 0.717) is 26.4 Å². The summed E-state index contributed by atoms with van der Waals surface area (Å²) in [6.45, 7) is 0. The zero-order chi connectivity index (χ0) is 21.2. The SMILES string of the molecule is COc1ccc(/C=C\S(=O)(=O)CS(=O)(=O)c2cc3cc(Cl)ccc3sc2=O)cc1. The summed E-state index contributed by atoms with van der Waals surface area (Å²) in [5, 5.41) is 0.437. The third-order valence-electron chi connectivity index (χ3n) is 3.90. The van der Waals surface area contributed by atoms with Crippen LogP contribution in [-0.4, -0.2) is 29.0 Å². The number of halogens is 1. The van der Waals surface area contributed by atoms with Crippen LogP contribution in [0.2, 0.25) is 5.02 Å². The first kappa shape index (κ1) is 21.5. The Morgan fingerprint density at radius 3 is 2.38 bits per heavy atom. The highest BCUT2D eigenvalue weighted by atomic mass is 35.5. The van der Waals surface area contributed by atoms with E-state index in [4.69, 9.17) is 16.3 Å². The van der Waals surface area contributed by atoms with Gasteiger partial charge in [0.25, 0.3) is 4.74 Å². The highest BCUT2D eigenvalue weighted by molar-refractivity contribution is 8.09. The van der Waals surface area contributed by atoms with Crippen molar-refractivity contribution in [1.29, 1.82) is 0 Å². The first-order valence-corrected chi connectivity index (χ1v) is 12.7. The van der Waals surface area contributed by atoms with Crippen LogP contribution < -0.4 is 9.48 Å². The minimum atomic E-state index is -4.37. The van der Waals surface area contributed by atoms with Gasteiger partial charge in [-0.2, -0.15) is 0 Å². The van der Waals surface area contributed by atoms with Gasteiger partial charge < -0.3 is 4.74 Å². The molecule has 0 spiro atoms. The molecule has 2 aromatic carbocycles. The van der Waals surface area contributed by atoms with E-state index in [2.05, 4.69) is 0 Å². The average molecular weight is 471 g/mol. The van der Waals surface area contributed by atoms with Crippen molar-refractivity contribution < 1.29 is 21.6 Å². The maximum Gasteiger partial charge on any atom is 0.251 e. The molecule has 0 aliphatic heterocycles. The van der Waals surface area contributed by atoms with Gasteiger partial charge in [0.1, 0.15) is 10.6 Å². The Kier molecular flexibility index (Phi) is 6.13. The van der Waals surface area contributed by atoms with E-state index in [0.717, 1.165) is 22.8 Å². The van der Waals surface area contributed by atoms with E-state index < -0.39 is 34.4 Å². The monoisotopic (exact) mass is 470 g/mol. The molecule has 0 aliphatic carbocycles. The number of hydrogen-bond acceptors (Lipinski definition) is 7. The minimum absolute atomic E-state index is 0.377. The van der Waals surface area contributed by atoms with Crippen LogP contribution >= 0.6 is 22.9 Å². The molecule has 0 fully saturated rings. The highest BCUT2D eigenvalue weighted by Gasteiger charge is 2.26. The number of ether oxygens (including phenoxy) is 1. The molecule has 0 bridgehead atoms. The molecular formula is C19H15ClO6S3. The number of methoxy groups -OCH3 is 1. The van der Waals surface area contributed by atoms with Crippen molar-refractivity contribution in [2.24, 2.45) is 0 Å². The zero-order valence-corrected chi connectivity index (χ0v) is 18.2. The lowest BCUT2D eigenvalue weighted by atomic mass is 10.2. The number of benzene rings is 2. The molecule has 1 heterocycles. The van der Waals surface area contributed by atoms with E-state index in [1.54, 1.807) is 36.4 Å². The van der Waals surface area contributed by atoms with Crippen LogP contribution in [0.25, 0.3) is 16.2 Å². The van der Waals surface area contributed by atoms with E-state index in [-0.39, 0.29) is 0 Å². The maximum absolute atomic E-state index is 12.6. The highest BCUT2D eigenvalue weighted by Crippen LogP contribution is 2.24. The smallest absolute Gasteiger partial charge is 0.251 e. The van der Waals surface area contributed by atoms with E-state index in [9.17, 15) is 21.6 Å². The van der Waals surface area contributed by atoms with Crippen LogP contribution in [0.5, 0.6) is 5.75 Å². The summed E-state index contributed by atoms with van der Waals surface area (Å²) in [5.74, 6) is 0.605. The Hall–Kier alpha value is -2.20. The molecule has 0 radical (unpaired) electrons. The second kappa shape index (κ2) is 8.27. The van der Waals surface area contributed by atoms with Crippen molar-refractivity contribution in [1.82, 2.24) is 0 Å². The summed E-state index contributed by atoms with van der Waals surface area (Å²) in [6, 6.07) is 12.4. The molecule has 10 heteroatoms. The number of rotatable bonds is 6. The molecule has 0 amide bonds. The summed E-state index contributed by atoms with van der Waals surface area (Å²) < 4.78 is 54.8. The third-order valence-corrected chi connectivity index (χ3v) is 9.34. The summed E-state index contributed by atoms with van der Waals surface area (Å²) in [4.78, 5) is 11.7. The average Bonchev–Trinajstić information content (AvgIpc) is 2.65. The molecule has 0 aliphatic rings. The van der Waals surface area contributed by atoms with Crippen molar-refractivity contribution in [3.05, 3.63) is 74.1 Å². The lowest BCUT2D eigenvalue weighted by Gasteiger charge is -2.05. The fourth-order valence-electron chi connectivity index (χ4n) is 2.51. The first-order chi connectivity index (χ1) is 13.6. The molecule has 3 rings (SSSR count). The van der Waals surface area contributed by atoms with Crippen molar-refractivity contribution in [2.45, 2.75) is 4.90 Å². The van der Waals surface area contributed by atoms with Crippen LogP contribution in [0.3, 0.4) is 0 Å². The summed E-state index contributed by atoms with van der Waals surface area (Å²) >= 11 is 6.64. The van der Waals surface area contributed by atoms with Gasteiger partial charge in [-0.1, -0.05) is 35.1 Å². The second-order valence-corrected chi connectivity index (χ2v) is 11.7. The van der Waals surface area contributed by atoms with E-state index in [1.165, 1.54) is 19.3 Å². The van der Waals surface area contributed by atoms with Gasteiger partial charge in [0.15, 0.2) is 24.8 Å². The van der Waals surface area contributed by atoms with Crippen LogP contribution in [0.1, 0.15) is 5.56 Å². The van der Waals surface area contributed by atoms with Crippen LogP contribution in [0, 0.1) is 0 Å². The van der Waals surface area contributed by atoms with Crippen molar-refractivity contribution in [3.63, 3.8) is 0 Å². The molecule has 3 aromatic rings. The Morgan fingerprint density at radius 1 is 1.03 bits per heavy atom. The Bertz CT molecular complexity index is 1360. The molecule has 0 unspecified atom stereocenters. The summed E-state index contributed by atoms with van der Waals surface area (Å²) in [5.41, 5.74) is 0.554. The van der Waals surface area contributed by atoms with Gasteiger partial charge in [0, 0.05) is 15.1 Å². The number of hydrogen-bond donors (Lipinski definition) is 0. The van der Waals surface area contributed by atoms with E-state index >= 15 is 0 Å². The minimum Gasteiger partial charge on any atom is -0.497 e. The van der Waals surface area contributed by atoms with Gasteiger partial charge in [-0.25, -0.2) is 16.8 Å². The molecular weight excluding hydrogens is 456 g/mol. The predicted molar refractivity (Wildman–Crippen MR) is 116 cm³/mol. The van der Waals surface area contributed by atoms with Crippen molar-refractivity contribution in [2.75, 3.05) is 12.2 Å². The Balaban J connectivity index is 1.91. The van der Waals surface area contributed by atoms with Gasteiger partial charge >= 0.3 is 0 Å². The topological polar surface area (TPSA) is 94.6 Å². The van der Waals surface area contributed by atoms with Crippen LogP contribution in [0.15, 0.2) is 63.6 Å². The molecule has 0 N–H and O–H groups in total. The lowest BCUT2D eigenvalue weighted by molar-refractivity contribution is 0.415. The van der Waals surface area contributed by atoms with Gasteiger partial charge in [-0.15, -0.1) is 0 Å². The Labute approximate surface area is 176 Å². The third kappa shape index (κ3) is 5.24. The zero-order valence-electron chi connectivity index (χ0n) is 15.0. The molecule has 0 saturated carbocycles. The molecule has 29 heavy (non-hydrogen) atoms. The second-order valence-electron chi connectivity index (χ2n) is 6.05. The number of fused-ring (bicyclic) bond motifs is 1. The van der Waals surface area contributed by atoms with Crippen LogP contribution in [-0.2, 0) is 19.7 Å². The molecule has 152 valence electrons. The summed E-state index contributed by atoms with van der Waals surface area (Å²) in [6.07, 6.45) is 1.28.